The molecule has 0 amide bonds. The molecule has 4 aromatic rings. The van der Waals surface area contributed by atoms with Gasteiger partial charge in [-0.25, -0.2) is 0 Å². The van der Waals surface area contributed by atoms with Crippen LogP contribution >= 0.6 is 0 Å². The third-order valence-corrected chi connectivity index (χ3v) is 4.97. The zero-order valence-corrected chi connectivity index (χ0v) is 15.7. The SMILES string of the molecule is Cc1cc(C)cc(-n2c3ccccc3c3cccc(C(C)(C)C)c32)c1. The average Bonchev–Trinajstić information content (AvgIpc) is 2.87. The lowest BCUT2D eigenvalue weighted by atomic mass is 9.85. The summed E-state index contributed by atoms with van der Waals surface area (Å²) >= 11 is 0. The third kappa shape index (κ3) is 2.55. The normalized spacial score (nSPS) is 12.2. The number of para-hydroxylation sites is 2. The van der Waals surface area contributed by atoms with E-state index >= 15 is 0 Å². The van der Waals surface area contributed by atoms with Gasteiger partial charge in [0.15, 0.2) is 0 Å². The van der Waals surface area contributed by atoms with Crippen LogP contribution in [0.25, 0.3) is 27.5 Å². The van der Waals surface area contributed by atoms with Crippen molar-refractivity contribution in [3.63, 3.8) is 0 Å². The second-order valence-electron chi connectivity index (χ2n) is 8.15. The lowest BCUT2D eigenvalue weighted by Crippen LogP contribution is -2.13. The fraction of sp³-hybridized carbons (Fsp3) is 0.250. The highest BCUT2D eigenvalue weighted by molar-refractivity contribution is 6.10. The van der Waals surface area contributed by atoms with Crippen LogP contribution in [0.15, 0.2) is 60.7 Å². The molecular weight excluding hydrogens is 302 g/mol. The topological polar surface area (TPSA) is 4.93 Å². The van der Waals surface area contributed by atoms with Gasteiger partial charge in [-0.1, -0.05) is 63.2 Å². The average molecular weight is 327 g/mol. The molecule has 0 saturated carbocycles. The molecule has 3 aromatic carbocycles. The minimum Gasteiger partial charge on any atom is -0.309 e. The lowest BCUT2D eigenvalue weighted by molar-refractivity contribution is 0.594. The van der Waals surface area contributed by atoms with E-state index in [4.69, 9.17) is 0 Å². The monoisotopic (exact) mass is 327 g/mol. The number of aryl methyl sites for hydroxylation is 2. The van der Waals surface area contributed by atoms with Crippen molar-refractivity contribution in [2.45, 2.75) is 40.0 Å². The van der Waals surface area contributed by atoms with Crippen molar-refractivity contribution in [1.29, 1.82) is 0 Å². The van der Waals surface area contributed by atoms with Crippen LogP contribution in [-0.4, -0.2) is 4.57 Å². The molecule has 0 saturated heterocycles. The third-order valence-electron chi connectivity index (χ3n) is 4.97. The van der Waals surface area contributed by atoms with Gasteiger partial charge < -0.3 is 4.57 Å². The van der Waals surface area contributed by atoms with E-state index in [-0.39, 0.29) is 5.41 Å². The van der Waals surface area contributed by atoms with Crippen molar-refractivity contribution in [1.82, 2.24) is 4.57 Å². The van der Waals surface area contributed by atoms with Crippen LogP contribution in [0.1, 0.15) is 37.5 Å². The van der Waals surface area contributed by atoms with Crippen LogP contribution in [0, 0.1) is 13.8 Å². The second kappa shape index (κ2) is 5.49. The molecule has 0 aliphatic heterocycles. The van der Waals surface area contributed by atoms with Gasteiger partial charge in [-0.3, -0.25) is 0 Å². The fourth-order valence-corrected chi connectivity index (χ4v) is 3.97. The van der Waals surface area contributed by atoms with Crippen molar-refractivity contribution in [3.8, 4) is 5.69 Å². The summed E-state index contributed by atoms with van der Waals surface area (Å²) in [5, 5.41) is 2.66. The molecule has 1 heterocycles. The van der Waals surface area contributed by atoms with E-state index in [2.05, 4.69) is 99.8 Å². The van der Waals surface area contributed by atoms with Gasteiger partial charge in [0.25, 0.3) is 0 Å². The molecule has 0 aliphatic rings. The smallest absolute Gasteiger partial charge is 0.0578 e. The first kappa shape index (κ1) is 16.0. The highest BCUT2D eigenvalue weighted by atomic mass is 15.0. The highest BCUT2D eigenvalue weighted by Crippen LogP contribution is 2.38. The molecule has 0 fully saturated rings. The predicted octanol–water partition coefficient (Wildman–Crippen LogP) is 6.70. The summed E-state index contributed by atoms with van der Waals surface area (Å²) < 4.78 is 2.45. The van der Waals surface area contributed by atoms with Gasteiger partial charge in [0.1, 0.15) is 0 Å². The van der Waals surface area contributed by atoms with Gasteiger partial charge in [0.05, 0.1) is 11.0 Å². The summed E-state index contributed by atoms with van der Waals surface area (Å²) in [7, 11) is 0. The number of hydrogen-bond acceptors (Lipinski definition) is 0. The molecular formula is C24H25N. The molecule has 0 radical (unpaired) electrons. The minimum absolute atomic E-state index is 0.0878. The van der Waals surface area contributed by atoms with E-state index in [9.17, 15) is 0 Å². The molecule has 25 heavy (non-hydrogen) atoms. The van der Waals surface area contributed by atoms with Crippen molar-refractivity contribution in [3.05, 3.63) is 77.4 Å². The van der Waals surface area contributed by atoms with Crippen LogP contribution in [0.3, 0.4) is 0 Å². The Bertz CT molecular complexity index is 1070. The summed E-state index contributed by atoms with van der Waals surface area (Å²) in [6.45, 7) is 11.2. The molecule has 0 spiro atoms. The summed E-state index contributed by atoms with van der Waals surface area (Å²) in [6.07, 6.45) is 0. The number of aromatic nitrogens is 1. The fourth-order valence-electron chi connectivity index (χ4n) is 3.97. The van der Waals surface area contributed by atoms with Crippen LogP contribution < -0.4 is 0 Å². The summed E-state index contributed by atoms with van der Waals surface area (Å²) in [5.74, 6) is 0. The Balaban J connectivity index is 2.24. The van der Waals surface area contributed by atoms with E-state index in [1.165, 1.54) is 44.2 Å². The van der Waals surface area contributed by atoms with E-state index in [1.54, 1.807) is 0 Å². The van der Waals surface area contributed by atoms with E-state index < -0.39 is 0 Å². The van der Waals surface area contributed by atoms with Gasteiger partial charge >= 0.3 is 0 Å². The lowest BCUT2D eigenvalue weighted by Gasteiger charge is -2.22. The molecule has 0 bridgehead atoms. The maximum atomic E-state index is 2.45. The van der Waals surface area contributed by atoms with Crippen molar-refractivity contribution < 1.29 is 0 Å². The molecule has 4 rings (SSSR count). The Morgan fingerprint density at radius 1 is 0.720 bits per heavy atom. The van der Waals surface area contributed by atoms with Crippen molar-refractivity contribution in [2.24, 2.45) is 0 Å². The van der Waals surface area contributed by atoms with Crippen LogP contribution in [-0.2, 0) is 5.41 Å². The van der Waals surface area contributed by atoms with E-state index in [0.717, 1.165) is 0 Å². The molecule has 0 atom stereocenters. The Morgan fingerprint density at radius 2 is 1.36 bits per heavy atom. The number of fused-ring (bicyclic) bond motifs is 3. The maximum absolute atomic E-state index is 2.45. The van der Waals surface area contributed by atoms with E-state index in [1.807, 2.05) is 0 Å². The zero-order valence-electron chi connectivity index (χ0n) is 15.7. The first-order valence-electron chi connectivity index (χ1n) is 8.97. The van der Waals surface area contributed by atoms with Gasteiger partial charge in [0, 0.05) is 16.5 Å². The van der Waals surface area contributed by atoms with Crippen molar-refractivity contribution >= 4 is 21.8 Å². The number of rotatable bonds is 1. The number of hydrogen-bond donors (Lipinski definition) is 0. The summed E-state index contributed by atoms with van der Waals surface area (Å²) in [4.78, 5) is 0. The summed E-state index contributed by atoms with van der Waals surface area (Å²) in [5.41, 5.74) is 7.94. The van der Waals surface area contributed by atoms with Crippen LogP contribution in [0.2, 0.25) is 0 Å². The predicted molar refractivity (Wildman–Crippen MR) is 109 cm³/mol. The quantitative estimate of drug-likeness (QED) is 0.366. The Kier molecular flexibility index (Phi) is 3.50. The standard InChI is InChI=1S/C24H25N/c1-16-13-17(2)15-18(14-16)25-22-12-7-6-9-19(22)20-10-8-11-21(23(20)25)24(3,4)5/h6-15H,1-5H3. The van der Waals surface area contributed by atoms with Gasteiger partial charge in [-0.05, 0) is 54.2 Å². The van der Waals surface area contributed by atoms with Gasteiger partial charge in [-0.2, -0.15) is 0 Å². The molecule has 1 aromatic heterocycles. The Hall–Kier alpha value is -2.54. The molecule has 126 valence electrons. The van der Waals surface area contributed by atoms with E-state index in [0.29, 0.717) is 0 Å². The minimum atomic E-state index is 0.0878. The van der Waals surface area contributed by atoms with Gasteiger partial charge in [0.2, 0.25) is 0 Å². The Labute approximate surface area is 149 Å². The van der Waals surface area contributed by atoms with Crippen LogP contribution in [0.4, 0.5) is 0 Å². The molecule has 0 aliphatic carbocycles. The largest absolute Gasteiger partial charge is 0.309 e. The number of nitrogens with zero attached hydrogens (tertiary/aromatic N) is 1. The molecule has 1 nitrogen and oxygen atoms in total. The maximum Gasteiger partial charge on any atom is 0.0578 e. The van der Waals surface area contributed by atoms with Crippen LogP contribution in [0.5, 0.6) is 0 Å². The number of benzene rings is 3. The van der Waals surface area contributed by atoms with Crippen molar-refractivity contribution in [2.75, 3.05) is 0 Å². The molecule has 0 unspecified atom stereocenters. The summed E-state index contributed by atoms with van der Waals surface area (Å²) in [6, 6.07) is 22.3. The van der Waals surface area contributed by atoms with Gasteiger partial charge in [-0.15, -0.1) is 0 Å². The first-order chi connectivity index (χ1) is 11.9. The second-order valence-corrected chi connectivity index (χ2v) is 8.15. The highest BCUT2D eigenvalue weighted by Gasteiger charge is 2.22. The Morgan fingerprint density at radius 3 is 2.04 bits per heavy atom. The zero-order chi connectivity index (χ0) is 17.8. The molecule has 1 heteroatoms. The molecule has 0 N–H and O–H groups in total. The first-order valence-corrected chi connectivity index (χ1v) is 8.97.